The highest BCUT2D eigenvalue weighted by Crippen LogP contribution is 2.29. The van der Waals surface area contributed by atoms with Gasteiger partial charge >= 0.3 is 0 Å². The van der Waals surface area contributed by atoms with Crippen molar-refractivity contribution >= 4 is 11.6 Å². The number of methoxy groups -OCH3 is 1. The number of nitrogens with two attached hydrogens (primary N) is 1. The van der Waals surface area contributed by atoms with E-state index in [4.69, 9.17) is 15.2 Å². The van der Waals surface area contributed by atoms with Crippen LogP contribution in [0.4, 0.5) is 5.69 Å². The van der Waals surface area contributed by atoms with Crippen molar-refractivity contribution in [2.45, 2.75) is 18.4 Å². The van der Waals surface area contributed by atoms with Crippen molar-refractivity contribution in [3.05, 3.63) is 24.3 Å². The van der Waals surface area contributed by atoms with E-state index in [1.807, 2.05) is 23.1 Å². The molecule has 6 heteroatoms. The van der Waals surface area contributed by atoms with Gasteiger partial charge in [0.15, 0.2) is 0 Å². The number of carbonyl (C=O) groups is 1. The Morgan fingerprint density at radius 2 is 1.83 bits per heavy atom. The van der Waals surface area contributed by atoms with Gasteiger partial charge in [0.05, 0.1) is 18.3 Å². The third-order valence-electron chi connectivity index (χ3n) is 4.80. The van der Waals surface area contributed by atoms with Crippen LogP contribution in [0.2, 0.25) is 0 Å². The van der Waals surface area contributed by atoms with E-state index in [2.05, 4.69) is 11.0 Å². The SMILES string of the molecule is COc1ccccc1N1CCN(C(=O)C2(N)CCOCC2)CC1. The van der Waals surface area contributed by atoms with Crippen LogP contribution in [0.3, 0.4) is 0 Å². The predicted octanol–water partition coefficient (Wildman–Crippen LogP) is 0.852. The second-order valence-corrected chi connectivity index (χ2v) is 6.22. The molecule has 2 fully saturated rings. The number of rotatable bonds is 3. The molecular formula is C17H25N3O3. The van der Waals surface area contributed by atoms with Crippen LogP contribution in [0, 0.1) is 0 Å². The van der Waals surface area contributed by atoms with Gasteiger partial charge < -0.3 is 25.0 Å². The lowest BCUT2D eigenvalue weighted by atomic mass is 9.89. The van der Waals surface area contributed by atoms with Gasteiger partial charge in [-0.25, -0.2) is 0 Å². The average Bonchev–Trinajstić information content (AvgIpc) is 2.62. The summed E-state index contributed by atoms with van der Waals surface area (Å²) in [6.45, 7) is 4.11. The smallest absolute Gasteiger partial charge is 0.242 e. The van der Waals surface area contributed by atoms with Gasteiger partial charge in [0, 0.05) is 39.4 Å². The number of nitrogens with zero attached hydrogens (tertiary/aromatic N) is 2. The van der Waals surface area contributed by atoms with Crippen LogP contribution in [0.5, 0.6) is 5.75 Å². The minimum Gasteiger partial charge on any atom is -0.495 e. The Hall–Kier alpha value is -1.79. The first-order chi connectivity index (χ1) is 11.1. The third kappa shape index (κ3) is 3.28. The Balaban J connectivity index is 1.63. The van der Waals surface area contributed by atoms with Crippen LogP contribution in [0.15, 0.2) is 24.3 Å². The summed E-state index contributed by atoms with van der Waals surface area (Å²) in [4.78, 5) is 16.9. The van der Waals surface area contributed by atoms with Crippen molar-refractivity contribution in [1.29, 1.82) is 0 Å². The molecule has 126 valence electrons. The number of piperazine rings is 1. The number of anilines is 1. The minimum absolute atomic E-state index is 0.0699. The van der Waals surface area contributed by atoms with Gasteiger partial charge in [0.25, 0.3) is 0 Å². The lowest BCUT2D eigenvalue weighted by Gasteiger charge is -2.41. The van der Waals surface area contributed by atoms with Crippen LogP contribution >= 0.6 is 0 Å². The van der Waals surface area contributed by atoms with E-state index in [0.29, 0.717) is 39.1 Å². The van der Waals surface area contributed by atoms with Crippen molar-refractivity contribution < 1.29 is 14.3 Å². The van der Waals surface area contributed by atoms with E-state index in [1.54, 1.807) is 7.11 Å². The molecule has 0 aromatic heterocycles. The van der Waals surface area contributed by atoms with E-state index in [0.717, 1.165) is 24.5 Å². The highest BCUT2D eigenvalue weighted by molar-refractivity contribution is 5.86. The summed E-state index contributed by atoms with van der Waals surface area (Å²) in [7, 11) is 1.68. The van der Waals surface area contributed by atoms with Gasteiger partial charge in [0.1, 0.15) is 5.75 Å². The van der Waals surface area contributed by atoms with E-state index in [-0.39, 0.29) is 5.91 Å². The summed E-state index contributed by atoms with van der Waals surface area (Å²) >= 11 is 0. The van der Waals surface area contributed by atoms with Crippen LogP contribution in [-0.2, 0) is 9.53 Å². The van der Waals surface area contributed by atoms with E-state index in [1.165, 1.54) is 0 Å². The molecular weight excluding hydrogens is 294 g/mol. The summed E-state index contributed by atoms with van der Waals surface area (Å²) in [5.41, 5.74) is 6.65. The van der Waals surface area contributed by atoms with Crippen molar-refractivity contribution in [1.82, 2.24) is 4.90 Å². The third-order valence-corrected chi connectivity index (χ3v) is 4.80. The minimum atomic E-state index is -0.745. The van der Waals surface area contributed by atoms with Gasteiger partial charge in [-0.05, 0) is 25.0 Å². The number of para-hydroxylation sites is 2. The molecule has 2 aliphatic rings. The molecule has 0 aliphatic carbocycles. The Morgan fingerprint density at radius 3 is 2.48 bits per heavy atom. The molecule has 2 saturated heterocycles. The molecule has 6 nitrogen and oxygen atoms in total. The maximum absolute atomic E-state index is 12.7. The first kappa shape index (κ1) is 16.1. The van der Waals surface area contributed by atoms with Crippen LogP contribution in [-0.4, -0.2) is 62.8 Å². The molecule has 1 aromatic rings. The monoisotopic (exact) mass is 319 g/mol. The number of ether oxygens (including phenoxy) is 2. The molecule has 0 spiro atoms. The van der Waals surface area contributed by atoms with Crippen LogP contribution in [0.25, 0.3) is 0 Å². The summed E-state index contributed by atoms with van der Waals surface area (Å²) in [6, 6.07) is 7.99. The highest BCUT2D eigenvalue weighted by atomic mass is 16.5. The summed E-state index contributed by atoms with van der Waals surface area (Å²) in [5, 5.41) is 0. The normalized spacial score (nSPS) is 21.1. The molecule has 0 radical (unpaired) electrons. The fraction of sp³-hybridized carbons (Fsp3) is 0.588. The fourth-order valence-corrected chi connectivity index (χ4v) is 3.31. The van der Waals surface area contributed by atoms with Crippen molar-refractivity contribution in [3.8, 4) is 5.75 Å². The van der Waals surface area contributed by atoms with Gasteiger partial charge in [0.2, 0.25) is 5.91 Å². The first-order valence-corrected chi connectivity index (χ1v) is 8.18. The zero-order chi connectivity index (χ0) is 16.3. The standard InChI is InChI=1S/C17H25N3O3/c1-22-15-5-3-2-4-14(15)19-8-10-20(11-9-19)16(21)17(18)6-12-23-13-7-17/h2-5H,6-13,18H2,1H3. The Labute approximate surface area is 137 Å². The van der Waals surface area contributed by atoms with Gasteiger partial charge in [-0.3, -0.25) is 4.79 Å². The number of amides is 1. The lowest BCUT2D eigenvalue weighted by Crippen LogP contribution is -2.61. The second kappa shape index (κ2) is 6.76. The van der Waals surface area contributed by atoms with Gasteiger partial charge in [-0.1, -0.05) is 12.1 Å². The number of hydrogen-bond acceptors (Lipinski definition) is 5. The molecule has 1 amide bonds. The molecule has 0 atom stereocenters. The number of benzene rings is 1. The number of carbonyl (C=O) groups excluding carboxylic acids is 1. The second-order valence-electron chi connectivity index (χ2n) is 6.22. The Bertz CT molecular complexity index is 550. The van der Waals surface area contributed by atoms with E-state index in [9.17, 15) is 4.79 Å². The zero-order valence-electron chi connectivity index (χ0n) is 13.7. The first-order valence-electron chi connectivity index (χ1n) is 8.18. The predicted molar refractivity (Wildman–Crippen MR) is 88.8 cm³/mol. The van der Waals surface area contributed by atoms with E-state index < -0.39 is 5.54 Å². The largest absolute Gasteiger partial charge is 0.495 e. The molecule has 0 unspecified atom stereocenters. The lowest BCUT2D eigenvalue weighted by molar-refractivity contribution is -0.140. The zero-order valence-corrected chi connectivity index (χ0v) is 13.7. The van der Waals surface area contributed by atoms with Gasteiger partial charge in [-0.2, -0.15) is 0 Å². The maximum Gasteiger partial charge on any atom is 0.242 e. The van der Waals surface area contributed by atoms with Crippen molar-refractivity contribution in [2.75, 3.05) is 51.4 Å². The number of hydrogen-bond donors (Lipinski definition) is 1. The topological polar surface area (TPSA) is 68.0 Å². The molecule has 2 aliphatic heterocycles. The molecule has 2 N–H and O–H groups in total. The van der Waals surface area contributed by atoms with Gasteiger partial charge in [-0.15, -0.1) is 0 Å². The van der Waals surface area contributed by atoms with Crippen LogP contribution < -0.4 is 15.4 Å². The maximum atomic E-state index is 12.7. The summed E-state index contributed by atoms with van der Waals surface area (Å²) in [5.74, 6) is 0.937. The molecule has 0 bridgehead atoms. The fourth-order valence-electron chi connectivity index (χ4n) is 3.31. The average molecular weight is 319 g/mol. The van der Waals surface area contributed by atoms with E-state index >= 15 is 0 Å². The molecule has 2 heterocycles. The Morgan fingerprint density at radius 1 is 1.17 bits per heavy atom. The Kier molecular flexibility index (Phi) is 4.73. The van der Waals surface area contributed by atoms with Crippen molar-refractivity contribution in [2.24, 2.45) is 5.73 Å². The van der Waals surface area contributed by atoms with Crippen molar-refractivity contribution in [3.63, 3.8) is 0 Å². The molecule has 23 heavy (non-hydrogen) atoms. The summed E-state index contributed by atoms with van der Waals surface area (Å²) < 4.78 is 10.8. The highest BCUT2D eigenvalue weighted by Gasteiger charge is 2.39. The quantitative estimate of drug-likeness (QED) is 0.895. The molecule has 0 saturated carbocycles. The summed E-state index contributed by atoms with van der Waals surface area (Å²) in [6.07, 6.45) is 1.22. The van der Waals surface area contributed by atoms with Crippen LogP contribution in [0.1, 0.15) is 12.8 Å². The molecule has 1 aromatic carbocycles. The molecule has 3 rings (SSSR count).